The second kappa shape index (κ2) is 31.2. The van der Waals surface area contributed by atoms with Crippen LogP contribution in [0.4, 0.5) is 0 Å². The van der Waals surface area contributed by atoms with Gasteiger partial charge in [0.1, 0.15) is 12.2 Å². The molecule has 42 heavy (non-hydrogen) atoms. The highest BCUT2D eigenvalue weighted by atomic mass is 16.3. The van der Waals surface area contributed by atoms with Gasteiger partial charge in [0, 0.05) is 0 Å². The molecule has 6 nitrogen and oxygen atoms in total. The van der Waals surface area contributed by atoms with Crippen LogP contribution in [-0.2, 0) is 4.79 Å². The third-order valence-electron chi connectivity index (χ3n) is 8.14. The van der Waals surface area contributed by atoms with Gasteiger partial charge in [-0.15, -0.1) is 0 Å². The largest absolute Gasteiger partial charge is 0.394 e. The van der Waals surface area contributed by atoms with Crippen molar-refractivity contribution in [2.45, 2.75) is 192 Å². The van der Waals surface area contributed by atoms with Gasteiger partial charge in [-0.05, 0) is 51.4 Å². The van der Waals surface area contributed by atoms with Crippen molar-refractivity contribution in [3.63, 3.8) is 0 Å². The summed E-state index contributed by atoms with van der Waals surface area (Å²) in [6.45, 7) is 3.96. The maximum atomic E-state index is 12.3. The van der Waals surface area contributed by atoms with Gasteiger partial charge in [0.05, 0.1) is 18.8 Å². The van der Waals surface area contributed by atoms with Crippen LogP contribution >= 0.6 is 0 Å². The number of aliphatic hydroxyl groups excluding tert-OH is 4. The van der Waals surface area contributed by atoms with Crippen LogP contribution in [0.1, 0.15) is 168 Å². The summed E-state index contributed by atoms with van der Waals surface area (Å²) in [5.74, 6) is -0.603. The second-order valence-corrected chi connectivity index (χ2v) is 12.2. The maximum absolute atomic E-state index is 12.3. The van der Waals surface area contributed by atoms with Crippen LogP contribution < -0.4 is 5.32 Å². The molecule has 4 atom stereocenters. The lowest BCUT2D eigenvalue weighted by molar-refractivity contribution is -0.132. The fourth-order valence-corrected chi connectivity index (χ4v) is 5.24. The summed E-state index contributed by atoms with van der Waals surface area (Å²) in [5, 5.41) is 43.2. The maximum Gasteiger partial charge on any atom is 0.249 e. The molecule has 0 aromatic heterocycles. The van der Waals surface area contributed by atoms with Crippen molar-refractivity contribution >= 4 is 5.91 Å². The Morgan fingerprint density at radius 2 is 1.00 bits per heavy atom. The van der Waals surface area contributed by atoms with E-state index in [1.165, 1.54) is 96.3 Å². The fourth-order valence-electron chi connectivity index (χ4n) is 5.24. The molecule has 0 heterocycles. The van der Waals surface area contributed by atoms with Crippen molar-refractivity contribution in [1.82, 2.24) is 5.32 Å². The van der Waals surface area contributed by atoms with E-state index in [2.05, 4.69) is 43.5 Å². The molecule has 4 unspecified atom stereocenters. The first-order valence-electron chi connectivity index (χ1n) is 17.7. The molecule has 0 bridgehead atoms. The van der Waals surface area contributed by atoms with Gasteiger partial charge in [-0.3, -0.25) is 4.79 Å². The molecule has 0 aliphatic carbocycles. The monoisotopic (exact) mass is 596 g/mol. The zero-order chi connectivity index (χ0) is 31.1. The number of rotatable bonds is 31. The van der Waals surface area contributed by atoms with Gasteiger partial charge in [-0.2, -0.15) is 0 Å². The predicted octanol–water partition coefficient (Wildman–Crippen LogP) is 8.06. The number of aliphatic hydroxyl groups is 4. The highest BCUT2D eigenvalue weighted by Crippen LogP contribution is 2.13. The van der Waals surface area contributed by atoms with E-state index in [-0.39, 0.29) is 0 Å². The van der Waals surface area contributed by atoms with Crippen LogP contribution in [0.15, 0.2) is 24.3 Å². The number of unbranched alkanes of at least 4 members (excludes halogenated alkanes) is 18. The normalized spacial score (nSPS) is 14.9. The van der Waals surface area contributed by atoms with E-state index in [1.54, 1.807) is 0 Å². The Morgan fingerprint density at radius 1 is 0.571 bits per heavy atom. The van der Waals surface area contributed by atoms with Crippen molar-refractivity contribution in [3.05, 3.63) is 24.3 Å². The Kier molecular flexibility index (Phi) is 30.3. The van der Waals surface area contributed by atoms with Crippen LogP contribution in [0.5, 0.6) is 0 Å². The van der Waals surface area contributed by atoms with Crippen LogP contribution in [-0.4, -0.2) is 57.3 Å². The van der Waals surface area contributed by atoms with Crippen molar-refractivity contribution in [2.75, 3.05) is 6.61 Å². The predicted molar refractivity (Wildman–Crippen MR) is 177 cm³/mol. The summed E-state index contributed by atoms with van der Waals surface area (Å²) in [6.07, 6.45) is 32.1. The van der Waals surface area contributed by atoms with E-state index >= 15 is 0 Å². The summed E-state index contributed by atoms with van der Waals surface area (Å²) in [6, 6.07) is -1.00. The number of hydrogen-bond donors (Lipinski definition) is 5. The van der Waals surface area contributed by atoms with Gasteiger partial charge in [0.2, 0.25) is 5.91 Å². The van der Waals surface area contributed by atoms with Crippen molar-refractivity contribution in [1.29, 1.82) is 0 Å². The fraction of sp³-hybridized carbons (Fsp3) is 0.861. The van der Waals surface area contributed by atoms with E-state index in [0.717, 1.165) is 38.5 Å². The Balaban J connectivity index is 3.88. The SMILES string of the molecule is CCCCCCCCCCC/C=C/CC/C=C/CCCC(O)C(O)C(CO)NC(=O)C(O)CCCCCCCCCC. The number of nitrogens with one attached hydrogen (secondary N) is 1. The second-order valence-electron chi connectivity index (χ2n) is 12.2. The highest BCUT2D eigenvalue weighted by Gasteiger charge is 2.28. The molecule has 5 N–H and O–H groups in total. The minimum atomic E-state index is -1.28. The highest BCUT2D eigenvalue weighted by molar-refractivity contribution is 5.80. The zero-order valence-electron chi connectivity index (χ0n) is 27.5. The topological polar surface area (TPSA) is 110 Å². The molecule has 0 radical (unpaired) electrons. The number of amides is 1. The first kappa shape index (κ1) is 40.8. The van der Waals surface area contributed by atoms with Gasteiger partial charge >= 0.3 is 0 Å². The van der Waals surface area contributed by atoms with Crippen LogP contribution in [0, 0.1) is 0 Å². The molecular formula is C36H69NO5. The van der Waals surface area contributed by atoms with E-state index in [4.69, 9.17) is 0 Å². The Labute approximate surface area is 259 Å². The number of hydrogen-bond acceptors (Lipinski definition) is 5. The summed E-state index contributed by atoms with van der Waals surface area (Å²) < 4.78 is 0. The summed E-state index contributed by atoms with van der Waals surface area (Å²) in [7, 11) is 0. The average Bonchev–Trinajstić information content (AvgIpc) is 2.99. The molecule has 0 rings (SSSR count). The van der Waals surface area contributed by atoms with Gasteiger partial charge in [0.15, 0.2) is 0 Å². The van der Waals surface area contributed by atoms with Crippen molar-refractivity contribution in [2.24, 2.45) is 0 Å². The lowest BCUT2D eigenvalue weighted by Gasteiger charge is -2.27. The summed E-state index contributed by atoms with van der Waals surface area (Å²) >= 11 is 0. The molecule has 0 saturated heterocycles. The lowest BCUT2D eigenvalue weighted by atomic mass is 10.00. The molecular weight excluding hydrogens is 526 g/mol. The Morgan fingerprint density at radius 3 is 1.50 bits per heavy atom. The molecule has 0 aliphatic rings. The van der Waals surface area contributed by atoms with E-state index in [9.17, 15) is 25.2 Å². The van der Waals surface area contributed by atoms with Gasteiger partial charge in [0.25, 0.3) is 0 Å². The van der Waals surface area contributed by atoms with Gasteiger partial charge in [-0.1, -0.05) is 141 Å². The Bertz CT molecular complexity index is 638. The van der Waals surface area contributed by atoms with Crippen molar-refractivity contribution < 1.29 is 25.2 Å². The van der Waals surface area contributed by atoms with Crippen LogP contribution in [0.25, 0.3) is 0 Å². The summed E-state index contributed by atoms with van der Waals surface area (Å²) in [5.41, 5.74) is 0. The summed E-state index contributed by atoms with van der Waals surface area (Å²) in [4.78, 5) is 12.3. The zero-order valence-corrected chi connectivity index (χ0v) is 27.5. The molecule has 0 spiro atoms. The molecule has 0 saturated carbocycles. The lowest BCUT2D eigenvalue weighted by Crippen LogP contribution is -2.53. The van der Waals surface area contributed by atoms with E-state index in [1.807, 2.05) is 0 Å². The van der Waals surface area contributed by atoms with Crippen LogP contribution in [0.3, 0.4) is 0 Å². The quantitative estimate of drug-likeness (QED) is 0.0411. The number of carbonyl (C=O) groups excluding carboxylic acids is 1. The molecule has 6 heteroatoms. The number of carbonyl (C=O) groups is 1. The van der Waals surface area contributed by atoms with Gasteiger partial charge < -0.3 is 25.7 Å². The molecule has 0 aliphatic heterocycles. The first-order chi connectivity index (χ1) is 20.5. The molecule has 0 aromatic carbocycles. The van der Waals surface area contributed by atoms with Gasteiger partial charge in [-0.25, -0.2) is 0 Å². The van der Waals surface area contributed by atoms with E-state index in [0.29, 0.717) is 19.3 Å². The van der Waals surface area contributed by atoms with Crippen molar-refractivity contribution in [3.8, 4) is 0 Å². The standard InChI is InChI=1S/C36H69NO5/c1-3-5-7-9-11-13-14-15-16-17-18-19-20-21-22-24-25-27-29-33(39)35(41)32(31-38)37-36(42)34(40)30-28-26-23-12-10-8-6-4-2/h18-19,22,24,32-35,38-41H,3-17,20-21,23,25-31H2,1-2H3,(H,37,42)/b19-18+,24-22+. The minimum Gasteiger partial charge on any atom is -0.394 e. The minimum absolute atomic E-state index is 0.360. The first-order valence-corrected chi connectivity index (χ1v) is 17.7. The molecule has 0 aromatic rings. The third-order valence-corrected chi connectivity index (χ3v) is 8.14. The molecule has 1 amide bonds. The third kappa shape index (κ3) is 25.3. The number of allylic oxidation sites excluding steroid dienone is 4. The van der Waals surface area contributed by atoms with Crippen LogP contribution in [0.2, 0.25) is 0 Å². The molecule has 248 valence electrons. The Hall–Kier alpha value is -1.21. The average molecular weight is 596 g/mol. The van der Waals surface area contributed by atoms with E-state index < -0.39 is 36.9 Å². The molecule has 0 fully saturated rings. The smallest absolute Gasteiger partial charge is 0.249 e.